The van der Waals surface area contributed by atoms with E-state index in [2.05, 4.69) is 5.16 Å². The molecule has 0 amide bonds. The molecule has 1 aromatic carbocycles. The molecule has 0 atom stereocenters. The summed E-state index contributed by atoms with van der Waals surface area (Å²) in [4.78, 5) is 11.7. The van der Waals surface area contributed by atoms with E-state index in [4.69, 9.17) is 9.26 Å². The predicted molar refractivity (Wildman–Crippen MR) is 71.4 cm³/mol. The quantitative estimate of drug-likeness (QED) is 0.638. The number of alkyl halides is 3. The highest BCUT2D eigenvalue weighted by molar-refractivity contribution is 5.74. The van der Waals surface area contributed by atoms with Crippen LogP contribution < -0.4 is 4.74 Å². The van der Waals surface area contributed by atoms with Crippen LogP contribution in [0.5, 0.6) is 5.75 Å². The van der Waals surface area contributed by atoms with Gasteiger partial charge >= 0.3 is 12.1 Å². The van der Waals surface area contributed by atoms with Gasteiger partial charge in [-0.15, -0.1) is 0 Å². The molecule has 0 aliphatic carbocycles. The smallest absolute Gasteiger partial charge is 0.401 e. The van der Waals surface area contributed by atoms with Crippen LogP contribution in [0.15, 0.2) is 40.9 Å². The molecule has 2 rings (SSSR count). The van der Waals surface area contributed by atoms with Crippen LogP contribution in [0, 0.1) is 0 Å². The second-order valence-electron chi connectivity index (χ2n) is 5.27. The average Bonchev–Trinajstić information content (AvgIpc) is 2.87. The lowest BCUT2D eigenvalue weighted by molar-refractivity contribution is -0.185. The van der Waals surface area contributed by atoms with Crippen molar-refractivity contribution < 1.29 is 27.2 Å². The van der Waals surface area contributed by atoms with E-state index in [1.807, 2.05) is 0 Å². The van der Waals surface area contributed by atoms with Crippen molar-refractivity contribution in [2.75, 3.05) is 0 Å². The van der Waals surface area contributed by atoms with E-state index in [1.54, 1.807) is 30.3 Å². The van der Waals surface area contributed by atoms with Gasteiger partial charge in [0.15, 0.2) is 5.76 Å². The first-order valence-electron chi connectivity index (χ1n) is 6.48. The normalized spacial score (nSPS) is 12.2. The highest BCUT2D eigenvalue weighted by Crippen LogP contribution is 2.40. The summed E-state index contributed by atoms with van der Waals surface area (Å²) >= 11 is 0. The number of benzene rings is 1. The Labute approximate surface area is 124 Å². The number of rotatable bonds is 4. The molecule has 0 saturated carbocycles. The van der Waals surface area contributed by atoms with Gasteiger partial charge in [0, 0.05) is 6.07 Å². The number of carbonyl (C=O) groups excluding carboxylic acids is 1. The second kappa shape index (κ2) is 5.82. The van der Waals surface area contributed by atoms with Gasteiger partial charge in [-0.05, 0) is 26.0 Å². The molecule has 4 nitrogen and oxygen atoms in total. The van der Waals surface area contributed by atoms with Gasteiger partial charge in [0.25, 0.3) is 0 Å². The Kier molecular flexibility index (Phi) is 4.25. The van der Waals surface area contributed by atoms with Crippen molar-refractivity contribution in [3.63, 3.8) is 0 Å². The maximum atomic E-state index is 12.9. The fourth-order valence-corrected chi connectivity index (χ4v) is 1.63. The maximum absolute atomic E-state index is 12.9. The monoisotopic (exact) mass is 313 g/mol. The Morgan fingerprint density at radius 3 is 2.45 bits per heavy atom. The topological polar surface area (TPSA) is 52.3 Å². The Bertz CT molecular complexity index is 648. The van der Waals surface area contributed by atoms with Crippen molar-refractivity contribution in [1.29, 1.82) is 0 Å². The number of para-hydroxylation sites is 1. The summed E-state index contributed by atoms with van der Waals surface area (Å²) in [6.07, 6.45) is -4.75. The van der Waals surface area contributed by atoms with Crippen LogP contribution in [-0.2, 0) is 16.6 Å². The summed E-state index contributed by atoms with van der Waals surface area (Å²) in [6, 6.07) is 9.48. The summed E-state index contributed by atoms with van der Waals surface area (Å²) in [7, 11) is 0. The molecule has 0 saturated heterocycles. The number of ether oxygens (including phenoxy) is 1. The van der Waals surface area contributed by atoms with Crippen molar-refractivity contribution in [3.05, 3.63) is 47.9 Å². The molecule has 22 heavy (non-hydrogen) atoms. The van der Waals surface area contributed by atoms with Crippen molar-refractivity contribution in [2.45, 2.75) is 31.9 Å². The molecule has 0 aliphatic heterocycles. The van der Waals surface area contributed by atoms with E-state index in [0.717, 1.165) is 19.9 Å². The summed E-state index contributed by atoms with van der Waals surface area (Å²) < 4.78 is 48.5. The molecule has 118 valence electrons. The van der Waals surface area contributed by atoms with Crippen LogP contribution >= 0.6 is 0 Å². The minimum Gasteiger partial charge on any atom is -0.426 e. The van der Waals surface area contributed by atoms with Gasteiger partial charge in [-0.3, -0.25) is 4.79 Å². The summed E-state index contributed by atoms with van der Waals surface area (Å²) in [5.41, 5.74) is -2.09. The Hall–Kier alpha value is -2.31. The van der Waals surface area contributed by atoms with Gasteiger partial charge < -0.3 is 9.26 Å². The van der Waals surface area contributed by atoms with Crippen LogP contribution in [0.2, 0.25) is 0 Å². The zero-order chi connectivity index (χ0) is 16.4. The van der Waals surface area contributed by atoms with Gasteiger partial charge in [0.05, 0.1) is 12.1 Å². The zero-order valence-corrected chi connectivity index (χ0v) is 12.0. The summed E-state index contributed by atoms with van der Waals surface area (Å²) in [5.74, 6) is -0.620. The zero-order valence-electron chi connectivity index (χ0n) is 12.0. The molecule has 7 heteroatoms. The largest absolute Gasteiger partial charge is 0.426 e. The fraction of sp³-hybridized carbons (Fsp3) is 0.333. The van der Waals surface area contributed by atoms with Crippen LogP contribution in [0.1, 0.15) is 25.3 Å². The highest BCUT2D eigenvalue weighted by atomic mass is 19.4. The van der Waals surface area contributed by atoms with E-state index in [1.165, 1.54) is 0 Å². The van der Waals surface area contributed by atoms with Crippen molar-refractivity contribution in [2.24, 2.45) is 0 Å². The van der Waals surface area contributed by atoms with E-state index in [9.17, 15) is 18.0 Å². The number of hydrogen-bond donors (Lipinski definition) is 0. The van der Waals surface area contributed by atoms with Crippen LogP contribution in [0.4, 0.5) is 13.2 Å². The molecule has 0 bridgehead atoms. The lowest BCUT2D eigenvalue weighted by atomic mass is 9.89. The molecule has 1 aromatic heterocycles. The van der Waals surface area contributed by atoms with Crippen LogP contribution in [0.25, 0.3) is 0 Å². The lowest BCUT2D eigenvalue weighted by Gasteiger charge is -2.24. The third-order valence-electron chi connectivity index (χ3n) is 3.18. The SMILES string of the molecule is CC(C)(c1cc(CC(=O)Oc2ccccc2)no1)C(F)(F)F. The Morgan fingerprint density at radius 1 is 1.23 bits per heavy atom. The van der Waals surface area contributed by atoms with Crippen molar-refractivity contribution in [1.82, 2.24) is 5.16 Å². The van der Waals surface area contributed by atoms with E-state index < -0.39 is 17.6 Å². The number of carbonyl (C=O) groups is 1. The molecule has 0 radical (unpaired) electrons. The standard InChI is InChI=1S/C15H14F3NO3/c1-14(2,15(16,17)18)12-8-10(19-22-12)9-13(20)21-11-6-4-3-5-7-11/h3-8H,9H2,1-2H3. The highest BCUT2D eigenvalue weighted by Gasteiger charge is 2.51. The molecule has 0 fully saturated rings. The molecule has 0 spiro atoms. The van der Waals surface area contributed by atoms with Gasteiger partial charge in [-0.2, -0.15) is 13.2 Å². The summed E-state index contributed by atoms with van der Waals surface area (Å²) in [6.45, 7) is 1.97. The van der Waals surface area contributed by atoms with E-state index in [0.29, 0.717) is 5.75 Å². The van der Waals surface area contributed by atoms with Crippen LogP contribution in [0.3, 0.4) is 0 Å². The number of esters is 1. The van der Waals surface area contributed by atoms with Gasteiger partial charge in [-0.25, -0.2) is 0 Å². The number of nitrogens with zero attached hydrogens (tertiary/aromatic N) is 1. The predicted octanol–water partition coefficient (Wildman–Crippen LogP) is 3.66. The Morgan fingerprint density at radius 2 is 1.86 bits per heavy atom. The number of aromatic nitrogens is 1. The molecule has 0 aliphatic rings. The Balaban J connectivity index is 2.05. The van der Waals surface area contributed by atoms with Crippen LogP contribution in [-0.4, -0.2) is 17.3 Å². The molecular weight excluding hydrogens is 299 g/mol. The minimum absolute atomic E-state index is 0.0910. The third-order valence-corrected chi connectivity index (χ3v) is 3.18. The van der Waals surface area contributed by atoms with Crippen molar-refractivity contribution >= 4 is 5.97 Å². The minimum atomic E-state index is -4.48. The van der Waals surface area contributed by atoms with E-state index in [-0.39, 0.29) is 17.9 Å². The fourth-order valence-electron chi connectivity index (χ4n) is 1.63. The first-order valence-corrected chi connectivity index (χ1v) is 6.48. The molecule has 0 unspecified atom stereocenters. The average molecular weight is 313 g/mol. The number of halogens is 3. The van der Waals surface area contributed by atoms with E-state index >= 15 is 0 Å². The molecule has 1 heterocycles. The number of hydrogen-bond acceptors (Lipinski definition) is 4. The first kappa shape index (κ1) is 16.1. The lowest BCUT2D eigenvalue weighted by Crippen LogP contribution is -2.35. The first-order chi connectivity index (χ1) is 10.2. The molecular formula is C15H14F3NO3. The molecule has 0 N–H and O–H groups in total. The van der Waals surface area contributed by atoms with Gasteiger partial charge in [0.2, 0.25) is 0 Å². The van der Waals surface area contributed by atoms with Crippen molar-refractivity contribution in [3.8, 4) is 5.75 Å². The van der Waals surface area contributed by atoms with Gasteiger partial charge in [0.1, 0.15) is 11.2 Å². The maximum Gasteiger partial charge on any atom is 0.401 e. The summed E-state index contributed by atoms with van der Waals surface area (Å²) in [5, 5.41) is 3.50. The third kappa shape index (κ3) is 3.47. The van der Waals surface area contributed by atoms with Gasteiger partial charge in [-0.1, -0.05) is 23.4 Å². The molecule has 2 aromatic rings. The second-order valence-corrected chi connectivity index (χ2v) is 5.27.